The lowest BCUT2D eigenvalue weighted by Crippen LogP contribution is -2.28. The van der Waals surface area contributed by atoms with Crippen molar-refractivity contribution in [2.24, 2.45) is 5.41 Å². The molecule has 1 atom stereocenters. The summed E-state index contributed by atoms with van der Waals surface area (Å²) in [6, 6.07) is 10.4. The summed E-state index contributed by atoms with van der Waals surface area (Å²) in [4.78, 5) is 12.7. The van der Waals surface area contributed by atoms with E-state index in [0.29, 0.717) is 0 Å². The van der Waals surface area contributed by atoms with Crippen LogP contribution in [0.4, 0.5) is 0 Å². The molecule has 2 rings (SSSR count). The molecule has 0 spiro atoms. The molecule has 20 heavy (non-hydrogen) atoms. The first-order valence-electron chi connectivity index (χ1n) is 7.57. The molecule has 0 amide bonds. The van der Waals surface area contributed by atoms with Crippen molar-refractivity contribution in [1.82, 2.24) is 0 Å². The third-order valence-corrected chi connectivity index (χ3v) is 4.33. The van der Waals surface area contributed by atoms with Crippen LogP contribution in [0.25, 0.3) is 0 Å². The fourth-order valence-corrected chi connectivity index (χ4v) is 2.77. The van der Waals surface area contributed by atoms with Gasteiger partial charge in [-0.1, -0.05) is 42.5 Å². The SMILES string of the molecule is C=CC(C)(CCc1ccccc1)C(=O)C1=CCCCC1. The van der Waals surface area contributed by atoms with Crippen LogP contribution in [0.2, 0.25) is 0 Å². The Bertz CT molecular complexity index is 498. The molecule has 0 fully saturated rings. The first kappa shape index (κ1) is 14.8. The zero-order chi connectivity index (χ0) is 14.4. The van der Waals surface area contributed by atoms with Crippen LogP contribution in [0.3, 0.4) is 0 Å². The average molecular weight is 268 g/mol. The molecule has 0 aromatic heterocycles. The van der Waals surface area contributed by atoms with Crippen LogP contribution in [0.5, 0.6) is 0 Å². The van der Waals surface area contributed by atoms with Gasteiger partial charge in [0.2, 0.25) is 0 Å². The highest BCUT2D eigenvalue weighted by atomic mass is 16.1. The highest BCUT2D eigenvalue weighted by Crippen LogP contribution is 2.32. The fourth-order valence-electron chi connectivity index (χ4n) is 2.77. The van der Waals surface area contributed by atoms with Crippen molar-refractivity contribution in [3.63, 3.8) is 0 Å². The van der Waals surface area contributed by atoms with Crippen LogP contribution in [0.15, 0.2) is 54.6 Å². The second-order valence-corrected chi connectivity index (χ2v) is 5.91. The van der Waals surface area contributed by atoms with Gasteiger partial charge in [-0.05, 0) is 56.6 Å². The molecule has 106 valence electrons. The van der Waals surface area contributed by atoms with Crippen LogP contribution in [-0.4, -0.2) is 5.78 Å². The van der Waals surface area contributed by atoms with Crippen LogP contribution in [-0.2, 0) is 11.2 Å². The summed E-state index contributed by atoms with van der Waals surface area (Å²) in [5.74, 6) is 0.281. The van der Waals surface area contributed by atoms with Gasteiger partial charge in [0.1, 0.15) is 0 Å². The third-order valence-electron chi connectivity index (χ3n) is 4.33. The van der Waals surface area contributed by atoms with E-state index in [2.05, 4.69) is 24.8 Å². The second-order valence-electron chi connectivity index (χ2n) is 5.91. The fraction of sp³-hybridized carbons (Fsp3) is 0.421. The zero-order valence-electron chi connectivity index (χ0n) is 12.4. The van der Waals surface area contributed by atoms with E-state index in [9.17, 15) is 4.79 Å². The van der Waals surface area contributed by atoms with Gasteiger partial charge in [-0.25, -0.2) is 0 Å². The molecule has 0 heterocycles. The number of ketones is 1. The van der Waals surface area contributed by atoms with E-state index in [4.69, 9.17) is 0 Å². The van der Waals surface area contributed by atoms with E-state index in [0.717, 1.165) is 37.7 Å². The maximum Gasteiger partial charge on any atom is 0.168 e. The van der Waals surface area contributed by atoms with Gasteiger partial charge in [-0.3, -0.25) is 4.79 Å². The minimum Gasteiger partial charge on any atom is -0.294 e. The van der Waals surface area contributed by atoms with Gasteiger partial charge in [0, 0.05) is 5.41 Å². The molecule has 0 saturated carbocycles. The van der Waals surface area contributed by atoms with Crippen molar-refractivity contribution in [2.75, 3.05) is 0 Å². The molecule has 0 saturated heterocycles. The van der Waals surface area contributed by atoms with Crippen molar-refractivity contribution in [1.29, 1.82) is 0 Å². The summed E-state index contributed by atoms with van der Waals surface area (Å²) < 4.78 is 0. The Balaban J connectivity index is 2.06. The number of hydrogen-bond donors (Lipinski definition) is 0. The summed E-state index contributed by atoms with van der Waals surface area (Å²) in [5, 5.41) is 0. The van der Waals surface area contributed by atoms with Crippen molar-refractivity contribution in [2.45, 2.75) is 45.4 Å². The Hall–Kier alpha value is -1.63. The highest BCUT2D eigenvalue weighted by molar-refractivity contribution is 6.00. The number of rotatable bonds is 6. The molecular formula is C19H24O. The minimum absolute atomic E-state index is 0.281. The summed E-state index contributed by atoms with van der Waals surface area (Å²) in [5.41, 5.74) is 1.87. The van der Waals surface area contributed by atoms with Crippen molar-refractivity contribution in [3.8, 4) is 0 Å². The lowest BCUT2D eigenvalue weighted by molar-refractivity contribution is -0.122. The van der Waals surface area contributed by atoms with E-state index in [-0.39, 0.29) is 5.78 Å². The Morgan fingerprint density at radius 3 is 2.65 bits per heavy atom. The highest BCUT2D eigenvalue weighted by Gasteiger charge is 2.31. The molecular weight excluding hydrogens is 244 g/mol. The number of carbonyl (C=O) groups is 1. The number of aryl methyl sites for hydroxylation is 1. The zero-order valence-corrected chi connectivity index (χ0v) is 12.4. The number of benzene rings is 1. The maximum absolute atomic E-state index is 12.7. The lowest BCUT2D eigenvalue weighted by atomic mass is 9.75. The molecule has 1 nitrogen and oxygen atoms in total. The number of hydrogen-bond acceptors (Lipinski definition) is 1. The predicted molar refractivity (Wildman–Crippen MR) is 84.6 cm³/mol. The molecule has 1 unspecified atom stereocenters. The Labute approximate surface area is 122 Å². The maximum atomic E-state index is 12.7. The molecule has 1 aromatic carbocycles. The summed E-state index contributed by atoms with van der Waals surface area (Å²) >= 11 is 0. The molecule has 1 heteroatoms. The Kier molecular flexibility index (Phi) is 4.94. The number of allylic oxidation sites excluding steroid dienone is 3. The Morgan fingerprint density at radius 1 is 1.30 bits per heavy atom. The Morgan fingerprint density at radius 2 is 2.05 bits per heavy atom. The first-order chi connectivity index (χ1) is 9.65. The van der Waals surface area contributed by atoms with Crippen LogP contribution in [0, 0.1) is 5.41 Å². The molecule has 0 aliphatic heterocycles. The van der Waals surface area contributed by atoms with E-state index in [1.165, 1.54) is 12.0 Å². The van der Waals surface area contributed by atoms with Gasteiger partial charge in [-0.15, -0.1) is 6.58 Å². The first-order valence-corrected chi connectivity index (χ1v) is 7.57. The molecule has 1 aromatic rings. The van der Waals surface area contributed by atoms with Crippen molar-refractivity contribution in [3.05, 3.63) is 60.2 Å². The molecule has 1 aliphatic rings. The van der Waals surface area contributed by atoms with Crippen LogP contribution in [0.1, 0.15) is 44.6 Å². The van der Waals surface area contributed by atoms with Gasteiger partial charge >= 0.3 is 0 Å². The molecule has 0 bridgehead atoms. The average Bonchev–Trinajstić information content (AvgIpc) is 2.53. The number of carbonyl (C=O) groups excluding carboxylic acids is 1. The topological polar surface area (TPSA) is 17.1 Å². The minimum atomic E-state index is -0.432. The van der Waals surface area contributed by atoms with E-state index in [1.54, 1.807) is 0 Å². The van der Waals surface area contributed by atoms with Gasteiger partial charge in [-0.2, -0.15) is 0 Å². The van der Waals surface area contributed by atoms with Gasteiger partial charge < -0.3 is 0 Å². The summed E-state index contributed by atoms with van der Waals surface area (Å²) in [6.45, 7) is 5.94. The quantitative estimate of drug-likeness (QED) is 0.672. The monoisotopic (exact) mass is 268 g/mol. The molecule has 0 N–H and O–H groups in total. The van der Waals surface area contributed by atoms with Crippen LogP contribution < -0.4 is 0 Å². The summed E-state index contributed by atoms with van der Waals surface area (Å²) in [6.07, 6.45) is 10.1. The molecule has 1 aliphatic carbocycles. The van der Waals surface area contributed by atoms with E-state index in [1.807, 2.05) is 31.2 Å². The normalized spacial score (nSPS) is 17.9. The third kappa shape index (κ3) is 3.47. The van der Waals surface area contributed by atoms with Gasteiger partial charge in [0.15, 0.2) is 5.78 Å². The standard InChI is InChI=1S/C19H24O/c1-3-19(2,15-14-16-10-6-4-7-11-16)18(20)17-12-8-5-9-13-17/h3-4,6-7,10-12H,1,5,8-9,13-15H2,2H3. The van der Waals surface area contributed by atoms with Crippen LogP contribution >= 0.6 is 0 Å². The second kappa shape index (κ2) is 6.69. The largest absolute Gasteiger partial charge is 0.294 e. The molecule has 0 radical (unpaired) electrons. The smallest absolute Gasteiger partial charge is 0.168 e. The predicted octanol–water partition coefficient (Wildman–Crippen LogP) is 4.88. The van der Waals surface area contributed by atoms with E-state index < -0.39 is 5.41 Å². The van der Waals surface area contributed by atoms with Crippen molar-refractivity contribution < 1.29 is 4.79 Å². The lowest BCUT2D eigenvalue weighted by Gasteiger charge is -2.27. The van der Waals surface area contributed by atoms with Gasteiger partial charge in [0.25, 0.3) is 0 Å². The summed E-state index contributed by atoms with van der Waals surface area (Å²) in [7, 11) is 0. The van der Waals surface area contributed by atoms with Gasteiger partial charge in [0.05, 0.1) is 0 Å². The number of Topliss-reactive ketones (excluding diaryl/α,β-unsaturated/α-hetero) is 1. The van der Waals surface area contributed by atoms with E-state index >= 15 is 0 Å². The van der Waals surface area contributed by atoms with Crippen molar-refractivity contribution >= 4 is 5.78 Å².